The van der Waals surface area contributed by atoms with Crippen molar-refractivity contribution in [2.75, 3.05) is 49.8 Å². The summed E-state index contributed by atoms with van der Waals surface area (Å²) in [6.07, 6.45) is 0. The SMILES string of the molecule is COCCNC(=O)c1nc(N2CCSCC2)c2c(C)scc2n1. The second-order valence-corrected chi connectivity index (χ2v) is 7.58. The lowest BCUT2D eigenvalue weighted by atomic mass is 10.2. The van der Waals surface area contributed by atoms with Gasteiger partial charge >= 0.3 is 0 Å². The number of amides is 1. The molecule has 0 unspecified atom stereocenters. The van der Waals surface area contributed by atoms with Crippen LogP contribution in [0.15, 0.2) is 5.38 Å². The van der Waals surface area contributed by atoms with Gasteiger partial charge in [0.05, 0.1) is 17.5 Å². The van der Waals surface area contributed by atoms with Crippen LogP contribution in [0.3, 0.4) is 0 Å². The molecule has 1 saturated heterocycles. The normalized spacial score (nSPS) is 15.1. The van der Waals surface area contributed by atoms with E-state index in [0.29, 0.717) is 13.2 Å². The first-order valence-corrected chi connectivity index (χ1v) is 9.60. The van der Waals surface area contributed by atoms with E-state index in [4.69, 9.17) is 4.74 Å². The van der Waals surface area contributed by atoms with Crippen LogP contribution in [0.1, 0.15) is 15.5 Å². The fourth-order valence-corrected chi connectivity index (χ4v) is 4.22. The molecule has 0 bridgehead atoms. The van der Waals surface area contributed by atoms with Crippen LogP contribution in [0.4, 0.5) is 5.82 Å². The van der Waals surface area contributed by atoms with Crippen molar-refractivity contribution in [3.05, 3.63) is 16.1 Å². The summed E-state index contributed by atoms with van der Waals surface area (Å²) in [6, 6.07) is 0. The Morgan fingerprint density at radius 2 is 2.17 bits per heavy atom. The zero-order chi connectivity index (χ0) is 16.2. The van der Waals surface area contributed by atoms with Gasteiger partial charge in [0.2, 0.25) is 5.82 Å². The Morgan fingerprint density at radius 3 is 2.91 bits per heavy atom. The molecule has 1 amide bonds. The Hall–Kier alpha value is -1.38. The standard InChI is InChI=1S/C15H20N4O2S2/c1-10-12-11(9-23-10)17-13(15(20)16-3-6-21-2)18-14(12)19-4-7-22-8-5-19/h9H,3-8H2,1-2H3,(H,16,20). The molecule has 2 aromatic heterocycles. The molecule has 0 aliphatic carbocycles. The number of rotatable bonds is 5. The van der Waals surface area contributed by atoms with Crippen LogP contribution in [0, 0.1) is 6.92 Å². The molecule has 1 fully saturated rings. The predicted octanol–water partition coefficient (Wildman–Crippen LogP) is 1.93. The van der Waals surface area contributed by atoms with Gasteiger partial charge in [-0.1, -0.05) is 0 Å². The second kappa shape index (κ2) is 7.46. The maximum absolute atomic E-state index is 12.3. The highest BCUT2D eigenvalue weighted by Gasteiger charge is 2.21. The molecule has 0 radical (unpaired) electrons. The molecule has 3 rings (SSSR count). The zero-order valence-electron chi connectivity index (χ0n) is 13.3. The van der Waals surface area contributed by atoms with Crippen molar-refractivity contribution in [1.29, 1.82) is 0 Å². The smallest absolute Gasteiger partial charge is 0.289 e. The van der Waals surface area contributed by atoms with Crippen LogP contribution in [-0.2, 0) is 4.74 Å². The Morgan fingerprint density at radius 1 is 1.39 bits per heavy atom. The van der Waals surface area contributed by atoms with Crippen molar-refractivity contribution in [3.8, 4) is 0 Å². The first-order chi connectivity index (χ1) is 11.2. The number of nitrogens with zero attached hydrogens (tertiary/aromatic N) is 3. The quantitative estimate of drug-likeness (QED) is 0.830. The Labute approximate surface area is 143 Å². The minimum absolute atomic E-state index is 0.236. The molecule has 2 aromatic rings. The maximum Gasteiger partial charge on any atom is 0.289 e. The highest BCUT2D eigenvalue weighted by molar-refractivity contribution is 7.99. The molecule has 0 aromatic carbocycles. The molecule has 23 heavy (non-hydrogen) atoms. The van der Waals surface area contributed by atoms with Gasteiger partial charge in [-0.15, -0.1) is 11.3 Å². The van der Waals surface area contributed by atoms with Gasteiger partial charge in [-0.2, -0.15) is 11.8 Å². The molecule has 1 N–H and O–H groups in total. The van der Waals surface area contributed by atoms with Crippen LogP contribution < -0.4 is 10.2 Å². The lowest BCUT2D eigenvalue weighted by molar-refractivity contribution is 0.0927. The predicted molar refractivity (Wildman–Crippen MR) is 95.9 cm³/mol. The third-order valence-electron chi connectivity index (χ3n) is 3.72. The molecule has 124 valence electrons. The van der Waals surface area contributed by atoms with Gasteiger partial charge < -0.3 is 15.0 Å². The average Bonchev–Trinajstić information content (AvgIpc) is 2.96. The van der Waals surface area contributed by atoms with Crippen LogP contribution in [0.25, 0.3) is 10.9 Å². The number of nitrogens with one attached hydrogen (secondary N) is 1. The summed E-state index contributed by atoms with van der Waals surface area (Å²) in [5, 5.41) is 5.87. The first kappa shape index (κ1) is 16.5. The van der Waals surface area contributed by atoms with Crippen molar-refractivity contribution in [3.63, 3.8) is 0 Å². The fraction of sp³-hybridized carbons (Fsp3) is 0.533. The van der Waals surface area contributed by atoms with Gasteiger partial charge in [-0.25, -0.2) is 9.97 Å². The van der Waals surface area contributed by atoms with Crippen molar-refractivity contribution >= 4 is 45.7 Å². The summed E-state index contributed by atoms with van der Waals surface area (Å²) in [7, 11) is 1.61. The molecule has 3 heterocycles. The third-order valence-corrected chi connectivity index (χ3v) is 5.56. The molecular weight excluding hydrogens is 332 g/mol. The number of aryl methyl sites for hydroxylation is 1. The largest absolute Gasteiger partial charge is 0.383 e. The van der Waals surface area contributed by atoms with Crippen LogP contribution in [0.2, 0.25) is 0 Å². The van der Waals surface area contributed by atoms with Crippen molar-refractivity contribution in [2.45, 2.75) is 6.92 Å². The van der Waals surface area contributed by atoms with Gasteiger partial charge in [-0.3, -0.25) is 4.79 Å². The minimum Gasteiger partial charge on any atom is -0.383 e. The molecule has 0 atom stereocenters. The maximum atomic E-state index is 12.3. The number of thiophene rings is 1. The van der Waals surface area contributed by atoms with E-state index < -0.39 is 0 Å². The summed E-state index contributed by atoms with van der Waals surface area (Å²) >= 11 is 3.61. The average molecular weight is 352 g/mol. The van der Waals surface area contributed by atoms with Crippen molar-refractivity contribution < 1.29 is 9.53 Å². The Bertz CT molecular complexity index is 698. The van der Waals surface area contributed by atoms with E-state index in [-0.39, 0.29) is 11.7 Å². The summed E-state index contributed by atoms with van der Waals surface area (Å²) in [5.41, 5.74) is 0.854. The number of anilines is 1. The Kier molecular flexibility index (Phi) is 5.34. The number of methoxy groups -OCH3 is 1. The number of carbonyl (C=O) groups excluding carboxylic acids is 1. The molecule has 0 spiro atoms. The van der Waals surface area contributed by atoms with Crippen LogP contribution in [0.5, 0.6) is 0 Å². The summed E-state index contributed by atoms with van der Waals surface area (Å²) < 4.78 is 4.96. The van der Waals surface area contributed by atoms with E-state index in [9.17, 15) is 4.79 Å². The third kappa shape index (κ3) is 3.59. The summed E-state index contributed by atoms with van der Waals surface area (Å²) in [5.74, 6) is 3.06. The highest BCUT2D eigenvalue weighted by atomic mass is 32.2. The summed E-state index contributed by atoms with van der Waals surface area (Å²) in [6.45, 7) is 4.92. The van der Waals surface area contributed by atoms with Crippen molar-refractivity contribution in [2.24, 2.45) is 0 Å². The van der Waals surface area contributed by atoms with Crippen LogP contribution >= 0.6 is 23.1 Å². The number of hydrogen-bond acceptors (Lipinski definition) is 7. The van der Waals surface area contributed by atoms with Gasteiger partial charge in [-0.05, 0) is 6.92 Å². The van der Waals surface area contributed by atoms with Gasteiger partial charge in [0.15, 0.2) is 0 Å². The monoisotopic (exact) mass is 352 g/mol. The van der Waals surface area contributed by atoms with E-state index in [1.807, 2.05) is 17.1 Å². The lowest BCUT2D eigenvalue weighted by Gasteiger charge is -2.28. The molecule has 0 saturated carbocycles. The number of carbonyl (C=O) groups is 1. The molecule has 6 nitrogen and oxygen atoms in total. The fourth-order valence-electron chi connectivity index (χ4n) is 2.54. The number of hydrogen-bond donors (Lipinski definition) is 1. The molecule has 8 heteroatoms. The number of fused-ring (bicyclic) bond motifs is 1. The van der Waals surface area contributed by atoms with Crippen molar-refractivity contribution in [1.82, 2.24) is 15.3 Å². The van der Waals surface area contributed by atoms with Crippen LogP contribution in [-0.4, -0.2) is 60.7 Å². The van der Waals surface area contributed by atoms with E-state index in [1.54, 1.807) is 18.4 Å². The van der Waals surface area contributed by atoms with Gasteiger partial charge in [0, 0.05) is 48.5 Å². The van der Waals surface area contributed by atoms with E-state index in [2.05, 4.69) is 27.1 Å². The lowest BCUT2D eigenvalue weighted by Crippen LogP contribution is -2.34. The number of aromatic nitrogens is 2. The molecule has 1 aliphatic heterocycles. The van der Waals surface area contributed by atoms with Gasteiger partial charge in [0.1, 0.15) is 5.82 Å². The Balaban J connectivity index is 1.95. The first-order valence-electron chi connectivity index (χ1n) is 7.56. The molecular formula is C15H20N4O2S2. The number of thioether (sulfide) groups is 1. The zero-order valence-corrected chi connectivity index (χ0v) is 14.9. The van der Waals surface area contributed by atoms with Gasteiger partial charge in [0.25, 0.3) is 5.91 Å². The summed E-state index contributed by atoms with van der Waals surface area (Å²) in [4.78, 5) is 24.8. The van der Waals surface area contributed by atoms with E-state index >= 15 is 0 Å². The second-order valence-electron chi connectivity index (χ2n) is 5.27. The van der Waals surface area contributed by atoms with E-state index in [0.717, 1.165) is 41.3 Å². The topological polar surface area (TPSA) is 67.3 Å². The molecule has 1 aliphatic rings. The van der Waals surface area contributed by atoms with E-state index in [1.165, 1.54) is 4.88 Å². The highest BCUT2D eigenvalue weighted by Crippen LogP contribution is 2.32. The minimum atomic E-state index is -0.250. The number of ether oxygens (including phenoxy) is 1.